The predicted octanol–water partition coefficient (Wildman–Crippen LogP) is 1.73. The molecule has 0 aliphatic heterocycles. The molecule has 2 N–H and O–H groups in total. The van der Waals surface area contributed by atoms with Crippen LogP contribution in [0.15, 0.2) is 0 Å². The lowest BCUT2D eigenvalue weighted by Gasteiger charge is -2.24. The highest BCUT2D eigenvalue weighted by Gasteiger charge is 2.18. The molecular weight excluding hydrogens is 218 g/mol. The van der Waals surface area contributed by atoms with Gasteiger partial charge in [0.05, 0.1) is 0 Å². The molecule has 4 heteroatoms. The summed E-state index contributed by atoms with van der Waals surface area (Å²) in [5.41, 5.74) is 0. The zero-order valence-electron chi connectivity index (χ0n) is 10.8. The largest absolute Gasteiger partial charge is 0.361 e. The maximum absolute atomic E-state index is 5.18. The van der Waals surface area contributed by atoms with Gasteiger partial charge in [-0.2, -0.15) is 0 Å². The molecule has 0 aromatic carbocycles. The Balaban J connectivity index is 2.07. The summed E-state index contributed by atoms with van der Waals surface area (Å²) in [7, 11) is 2.22. The molecule has 0 aromatic rings. The van der Waals surface area contributed by atoms with Crippen molar-refractivity contribution in [3.8, 4) is 0 Å². The molecule has 0 aromatic heterocycles. The lowest BCUT2D eigenvalue weighted by molar-refractivity contribution is 0.249. The van der Waals surface area contributed by atoms with E-state index in [0.717, 1.165) is 24.2 Å². The number of rotatable bonds is 5. The molecule has 3 nitrogen and oxygen atoms in total. The minimum absolute atomic E-state index is 0.410. The van der Waals surface area contributed by atoms with Gasteiger partial charge in [-0.15, -0.1) is 0 Å². The molecule has 1 aliphatic carbocycles. The van der Waals surface area contributed by atoms with E-state index in [-0.39, 0.29) is 0 Å². The van der Waals surface area contributed by atoms with Gasteiger partial charge in [-0.05, 0) is 46.0 Å². The zero-order chi connectivity index (χ0) is 12.0. The number of nitrogens with one attached hydrogen (secondary N) is 2. The molecule has 1 saturated carbocycles. The Hall–Kier alpha value is -0.350. The molecule has 1 fully saturated rings. The van der Waals surface area contributed by atoms with Gasteiger partial charge in [0, 0.05) is 25.2 Å². The number of likely N-dealkylation sites (N-methyl/N-ethyl adjacent to an activating group) is 1. The second kappa shape index (κ2) is 7.07. The first-order chi connectivity index (χ1) is 7.59. The number of nitrogens with zero attached hydrogens (tertiary/aromatic N) is 1. The zero-order valence-corrected chi connectivity index (χ0v) is 11.6. The fraction of sp³-hybridized carbons (Fsp3) is 0.917. The number of hydrogen-bond donors (Lipinski definition) is 2. The molecule has 0 atom stereocenters. The first kappa shape index (κ1) is 13.7. The van der Waals surface area contributed by atoms with Gasteiger partial charge in [0.2, 0.25) is 0 Å². The van der Waals surface area contributed by atoms with Crippen LogP contribution in [0.25, 0.3) is 0 Å². The summed E-state index contributed by atoms with van der Waals surface area (Å²) < 4.78 is 0. The van der Waals surface area contributed by atoms with Gasteiger partial charge in [-0.25, -0.2) is 0 Å². The summed E-state index contributed by atoms with van der Waals surface area (Å²) in [6.07, 6.45) is 5.53. The minimum Gasteiger partial charge on any atom is -0.361 e. The fourth-order valence-electron chi connectivity index (χ4n) is 2.19. The van der Waals surface area contributed by atoms with E-state index in [1.54, 1.807) is 0 Å². The van der Waals surface area contributed by atoms with E-state index in [4.69, 9.17) is 12.2 Å². The molecule has 0 bridgehead atoms. The highest BCUT2D eigenvalue weighted by molar-refractivity contribution is 7.80. The molecule has 16 heavy (non-hydrogen) atoms. The van der Waals surface area contributed by atoms with Gasteiger partial charge >= 0.3 is 0 Å². The summed E-state index contributed by atoms with van der Waals surface area (Å²) in [6.45, 7) is 6.20. The van der Waals surface area contributed by atoms with E-state index in [0.29, 0.717) is 6.04 Å². The van der Waals surface area contributed by atoms with Crippen LogP contribution in [0.5, 0.6) is 0 Å². The van der Waals surface area contributed by atoms with Crippen molar-refractivity contribution in [1.82, 2.24) is 15.5 Å². The molecule has 0 amide bonds. The normalized spacial score (nSPS) is 17.1. The molecule has 1 rings (SSSR count). The van der Waals surface area contributed by atoms with Crippen molar-refractivity contribution in [1.29, 1.82) is 0 Å². The summed E-state index contributed by atoms with van der Waals surface area (Å²) in [6, 6.07) is 1.21. The van der Waals surface area contributed by atoms with Crippen molar-refractivity contribution >= 4 is 17.3 Å². The van der Waals surface area contributed by atoms with Crippen molar-refractivity contribution < 1.29 is 0 Å². The summed E-state index contributed by atoms with van der Waals surface area (Å²) >= 11 is 5.18. The minimum atomic E-state index is 0.410. The average Bonchev–Trinajstić information content (AvgIpc) is 2.68. The van der Waals surface area contributed by atoms with E-state index in [9.17, 15) is 0 Å². The van der Waals surface area contributed by atoms with Gasteiger partial charge in [-0.1, -0.05) is 12.8 Å². The Morgan fingerprint density at radius 2 is 2.00 bits per heavy atom. The maximum atomic E-state index is 5.18. The van der Waals surface area contributed by atoms with Crippen molar-refractivity contribution in [3.05, 3.63) is 0 Å². The third-order valence-corrected chi connectivity index (χ3v) is 3.38. The van der Waals surface area contributed by atoms with Crippen molar-refractivity contribution in [3.63, 3.8) is 0 Å². The van der Waals surface area contributed by atoms with Gasteiger partial charge in [0.25, 0.3) is 0 Å². The van der Waals surface area contributed by atoms with Crippen molar-refractivity contribution in [2.45, 2.75) is 51.6 Å². The first-order valence-corrected chi connectivity index (χ1v) is 6.75. The molecule has 0 spiro atoms. The predicted molar refractivity (Wildman–Crippen MR) is 73.8 cm³/mol. The Bertz CT molecular complexity index is 212. The Labute approximate surface area is 105 Å². The molecular formula is C12H25N3S. The van der Waals surface area contributed by atoms with E-state index >= 15 is 0 Å². The maximum Gasteiger partial charge on any atom is 0.166 e. The van der Waals surface area contributed by atoms with E-state index in [1.807, 2.05) is 0 Å². The van der Waals surface area contributed by atoms with Crippen LogP contribution in [0.1, 0.15) is 39.5 Å². The SMILES string of the molecule is CC(C)NC(=S)NCCN(C)C1CCCC1. The second-order valence-electron chi connectivity index (χ2n) is 4.97. The third kappa shape index (κ3) is 5.12. The average molecular weight is 243 g/mol. The monoisotopic (exact) mass is 243 g/mol. The standard InChI is InChI=1S/C12H25N3S/c1-10(2)14-12(16)13-8-9-15(3)11-6-4-5-7-11/h10-11H,4-9H2,1-3H3,(H2,13,14,16). The van der Waals surface area contributed by atoms with Crippen LogP contribution >= 0.6 is 12.2 Å². The number of hydrogen-bond acceptors (Lipinski definition) is 2. The Morgan fingerprint density at radius 1 is 1.38 bits per heavy atom. The molecule has 0 heterocycles. The number of thiocarbonyl (C=S) groups is 1. The lowest BCUT2D eigenvalue weighted by Crippen LogP contribution is -2.43. The third-order valence-electron chi connectivity index (χ3n) is 3.12. The molecule has 94 valence electrons. The van der Waals surface area contributed by atoms with Gasteiger partial charge in [0.15, 0.2) is 5.11 Å². The smallest absolute Gasteiger partial charge is 0.166 e. The van der Waals surface area contributed by atoms with Gasteiger partial charge < -0.3 is 15.5 Å². The second-order valence-corrected chi connectivity index (χ2v) is 5.38. The quantitative estimate of drug-likeness (QED) is 0.719. The van der Waals surface area contributed by atoms with Crippen molar-refractivity contribution in [2.75, 3.05) is 20.1 Å². The van der Waals surface area contributed by atoms with E-state index in [2.05, 4.69) is 36.4 Å². The van der Waals surface area contributed by atoms with Crippen LogP contribution in [0.2, 0.25) is 0 Å². The van der Waals surface area contributed by atoms with Gasteiger partial charge in [0.1, 0.15) is 0 Å². The Morgan fingerprint density at radius 3 is 2.56 bits per heavy atom. The summed E-state index contributed by atoms with van der Waals surface area (Å²) in [5.74, 6) is 0. The molecule has 0 unspecified atom stereocenters. The fourth-order valence-corrected chi connectivity index (χ4v) is 2.52. The highest BCUT2D eigenvalue weighted by Crippen LogP contribution is 2.21. The molecule has 1 aliphatic rings. The lowest BCUT2D eigenvalue weighted by atomic mass is 10.2. The van der Waals surface area contributed by atoms with Crippen LogP contribution in [0.4, 0.5) is 0 Å². The van der Waals surface area contributed by atoms with E-state index < -0.39 is 0 Å². The summed E-state index contributed by atoms with van der Waals surface area (Å²) in [5, 5.41) is 7.21. The topological polar surface area (TPSA) is 27.3 Å². The van der Waals surface area contributed by atoms with Crippen LogP contribution < -0.4 is 10.6 Å². The first-order valence-electron chi connectivity index (χ1n) is 6.34. The molecule has 0 saturated heterocycles. The van der Waals surface area contributed by atoms with Crippen molar-refractivity contribution in [2.24, 2.45) is 0 Å². The molecule has 0 radical (unpaired) electrons. The Kier molecular flexibility index (Phi) is 6.06. The van der Waals surface area contributed by atoms with Crippen LogP contribution in [-0.2, 0) is 0 Å². The van der Waals surface area contributed by atoms with Gasteiger partial charge in [-0.3, -0.25) is 0 Å². The highest BCUT2D eigenvalue weighted by atomic mass is 32.1. The van der Waals surface area contributed by atoms with Crippen LogP contribution in [0, 0.1) is 0 Å². The van der Waals surface area contributed by atoms with Crippen LogP contribution in [-0.4, -0.2) is 42.2 Å². The van der Waals surface area contributed by atoms with E-state index in [1.165, 1.54) is 25.7 Å². The van der Waals surface area contributed by atoms with Crippen LogP contribution in [0.3, 0.4) is 0 Å². The summed E-state index contributed by atoms with van der Waals surface area (Å²) in [4.78, 5) is 2.46.